The Morgan fingerprint density at radius 2 is 1.95 bits per heavy atom. The van der Waals surface area contributed by atoms with Gasteiger partial charge in [-0.05, 0) is 34.6 Å². The largest absolute Gasteiger partial charge is 0.462 e. The molecular weight excluding hydrogens is 246 g/mol. The first kappa shape index (κ1) is 15.5. The molecule has 6 heteroatoms. The lowest BCUT2D eigenvalue weighted by Gasteiger charge is -2.19. The molecule has 0 amide bonds. The van der Waals surface area contributed by atoms with Crippen molar-refractivity contribution in [3.05, 3.63) is 11.4 Å². The van der Waals surface area contributed by atoms with Crippen LogP contribution in [0.5, 0.6) is 0 Å². The third kappa shape index (κ3) is 4.90. The van der Waals surface area contributed by atoms with Gasteiger partial charge in [-0.1, -0.05) is 0 Å². The highest BCUT2D eigenvalue weighted by Gasteiger charge is 2.13. The minimum atomic E-state index is -0.344. The van der Waals surface area contributed by atoms with E-state index in [9.17, 15) is 4.79 Å². The van der Waals surface area contributed by atoms with Crippen LogP contribution in [0.25, 0.3) is 0 Å². The van der Waals surface area contributed by atoms with E-state index < -0.39 is 0 Å². The van der Waals surface area contributed by atoms with Gasteiger partial charge >= 0.3 is 5.97 Å². The molecule has 0 aliphatic carbocycles. The summed E-state index contributed by atoms with van der Waals surface area (Å²) in [6.45, 7) is 10.2. The van der Waals surface area contributed by atoms with E-state index in [1.165, 1.54) is 0 Å². The molecule has 1 aromatic heterocycles. The molecule has 2 N–H and O–H groups in total. The lowest BCUT2D eigenvalue weighted by molar-refractivity contribution is -0.147. The first-order chi connectivity index (χ1) is 8.70. The zero-order valence-electron chi connectivity index (χ0n) is 12.3. The molecule has 1 heterocycles. The molecule has 0 aliphatic heterocycles. The quantitative estimate of drug-likeness (QED) is 0.646. The van der Waals surface area contributed by atoms with E-state index in [2.05, 4.69) is 5.10 Å². The third-order valence-electron chi connectivity index (χ3n) is 2.60. The minimum absolute atomic E-state index is 0.0688. The van der Waals surface area contributed by atoms with E-state index in [0.717, 1.165) is 11.4 Å². The summed E-state index contributed by atoms with van der Waals surface area (Å²) in [5.74, 6) is -0.344. The molecule has 0 fully saturated rings. The lowest BCUT2D eigenvalue weighted by atomic mass is 10.2. The number of aryl methyl sites for hydroxylation is 1. The number of hydrogen-bond donors (Lipinski definition) is 1. The number of ether oxygens (including phenoxy) is 2. The minimum Gasteiger partial charge on any atom is -0.462 e. The summed E-state index contributed by atoms with van der Waals surface area (Å²) in [5.41, 5.74) is 7.68. The van der Waals surface area contributed by atoms with Crippen LogP contribution < -0.4 is 5.73 Å². The van der Waals surface area contributed by atoms with E-state index >= 15 is 0 Å². The Kier molecular flexibility index (Phi) is 4.94. The van der Waals surface area contributed by atoms with Crippen LogP contribution in [0.3, 0.4) is 0 Å². The molecule has 1 rings (SSSR count). The predicted molar refractivity (Wildman–Crippen MR) is 72.8 cm³/mol. The lowest BCUT2D eigenvalue weighted by Crippen LogP contribution is -2.24. The van der Waals surface area contributed by atoms with Gasteiger partial charge < -0.3 is 15.2 Å². The highest BCUT2D eigenvalue weighted by atomic mass is 16.6. The van der Waals surface area contributed by atoms with E-state index in [4.69, 9.17) is 15.2 Å². The second kappa shape index (κ2) is 6.06. The molecule has 0 radical (unpaired) electrons. The zero-order valence-corrected chi connectivity index (χ0v) is 12.3. The molecule has 6 nitrogen and oxygen atoms in total. The van der Waals surface area contributed by atoms with Gasteiger partial charge in [0.15, 0.2) is 0 Å². The molecule has 0 unspecified atom stereocenters. The van der Waals surface area contributed by atoms with Gasteiger partial charge in [0.05, 0.1) is 29.3 Å². The smallest absolute Gasteiger partial charge is 0.327 e. The number of nitrogens with zero attached hydrogens (tertiary/aromatic N) is 2. The summed E-state index contributed by atoms with van der Waals surface area (Å²) in [6.07, 6.45) is 0. The number of carbonyl (C=O) groups excluding carboxylic acids is 1. The fourth-order valence-corrected chi connectivity index (χ4v) is 1.54. The molecular formula is C13H23N3O3. The Labute approximate surface area is 113 Å². The van der Waals surface area contributed by atoms with E-state index in [1.54, 1.807) is 11.6 Å². The van der Waals surface area contributed by atoms with Crippen LogP contribution in [0, 0.1) is 13.8 Å². The summed E-state index contributed by atoms with van der Waals surface area (Å²) in [4.78, 5) is 11.6. The third-order valence-corrected chi connectivity index (χ3v) is 2.60. The molecule has 0 bridgehead atoms. The average Bonchev–Trinajstić information content (AvgIpc) is 2.51. The molecule has 0 saturated heterocycles. The maximum Gasteiger partial charge on any atom is 0.327 e. The maximum atomic E-state index is 11.6. The Bertz CT molecular complexity index is 447. The number of hydrogen-bond acceptors (Lipinski definition) is 5. The number of aromatic nitrogens is 2. The first-order valence-electron chi connectivity index (χ1n) is 6.30. The van der Waals surface area contributed by atoms with Crippen molar-refractivity contribution >= 4 is 11.7 Å². The van der Waals surface area contributed by atoms with Crippen molar-refractivity contribution in [2.75, 3.05) is 18.9 Å². The van der Waals surface area contributed by atoms with Gasteiger partial charge in [-0.25, -0.2) is 0 Å². The Hall–Kier alpha value is -1.56. The van der Waals surface area contributed by atoms with Crippen molar-refractivity contribution in [2.45, 2.75) is 46.8 Å². The Balaban J connectivity index is 2.37. The molecule has 0 aliphatic rings. The number of carbonyl (C=O) groups is 1. The van der Waals surface area contributed by atoms with Gasteiger partial charge in [0.1, 0.15) is 13.2 Å². The van der Waals surface area contributed by atoms with Gasteiger partial charge in [-0.2, -0.15) is 5.10 Å². The van der Waals surface area contributed by atoms with Crippen LogP contribution in [0.2, 0.25) is 0 Å². The highest BCUT2D eigenvalue weighted by molar-refractivity contribution is 5.69. The van der Waals surface area contributed by atoms with Gasteiger partial charge in [0.2, 0.25) is 0 Å². The van der Waals surface area contributed by atoms with Gasteiger partial charge in [0.25, 0.3) is 0 Å². The van der Waals surface area contributed by atoms with Gasteiger partial charge in [-0.15, -0.1) is 0 Å². The zero-order chi connectivity index (χ0) is 14.6. The van der Waals surface area contributed by atoms with Gasteiger partial charge in [0, 0.05) is 0 Å². The summed E-state index contributed by atoms with van der Waals surface area (Å²) in [7, 11) is 0. The Morgan fingerprint density at radius 1 is 1.32 bits per heavy atom. The Morgan fingerprint density at radius 3 is 2.42 bits per heavy atom. The first-order valence-corrected chi connectivity index (χ1v) is 6.30. The van der Waals surface area contributed by atoms with E-state index in [1.807, 2.05) is 27.7 Å². The average molecular weight is 269 g/mol. The molecule has 0 saturated carbocycles. The summed E-state index contributed by atoms with van der Waals surface area (Å²) >= 11 is 0. The van der Waals surface area contributed by atoms with Crippen molar-refractivity contribution < 1.29 is 14.3 Å². The standard InChI is InChI=1S/C13H23N3O3/c1-9-12(14)10(2)16(15-9)8-11(17)18-6-7-19-13(3,4)5/h6-8,14H2,1-5H3. The fraction of sp³-hybridized carbons (Fsp3) is 0.692. The SMILES string of the molecule is Cc1nn(CC(=O)OCCOC(C)(C)C)c(C)c1N. The van der Waals surface area contributed by atoms with Gasteiger partial charge in [-0.3, -0.25) is 9.48 Å². The van der Waals surface area contributed by atoms with Crippen molar-refractivity contribution in [2.24, 2.45) is 0 Å². The van der Waals surface area contributed by atoms with Crippen molar-refractivity contribution in [3.63, 3.8) is 0 Å². The monoisotopic (exact) mass is 269 g/mol. The summed E-state index contributed by atoms with van der Waals surface area (Å²) in [5, 5.41) is 4.18. The number of esters is 1. The molecule has 0 atom stereocenters. The van der Waals surface area contributed by atoms with Crippen LogP contribution in [-0.4, -0.2) is 34.6 Å². The van der Waals surface area contributed by atoms with Crippen LogP contribution in [-0.2, 0) is 20.8 Å². The van der Waals surface area contributed by atoms with Crippen molar-refractivity contribution in [1.29, 1.82) is 0 Å². The number of nitrogen functional groups attached to an aromatic ring is 1. The van der Waals surface area contributed by atoms with Crippen molar-refractivity contribution in [1.82, 2.24) is 9.78 Å². The normalized spacial score (nSPS) is 11.6. The van der Waals surface area contributed by atoms with E-state index in [0.29, 0.717) is 12.3 Å². The number of rotatable bonds is 5. The van der Waals surface area contributed by atoms with Crippen molar-refractivity contribution in [3.8, 4) is 0 Å². The number of nitrogens with two attached hydrogens (primary N) is 1. The molecule has 108 valence electrons. The summed E-state index contributed by atoms with van der Waals surface area (Å²) in [6, 6.07) is 0. The molecule has 0 spiro atoms. The van der Waals surface area contributed by atoms with Crippen LogP contribution in [0.15, 0.2) is 0 Å². The predicted octanol–water partition coefficient (Wildman–Crippen LogP) is 1.44. The molecule has 1 aromatic rings. The second-order valence-electron chi connectivity index (χ2n) is 5.42. The van der Waals surface area contributed by atoms with Crippen LogP contribution >= 0.6 is 0 Å². The fourth-order valence-electron chi connectivity index (χ4n) is 1.54. The van der Waals surface area contributed by atoms with Crippen LogP contribution in [0.1, 0.15) is 32.2 Å². The number of anilines is 1. The topological polar surface area (TPSA) is 79.4 Å². The second-order valence-corrected chi connectivity index (χ2v) is 5.42. The maximum absolute atomic E-state index is 11.6. The highest BCUT2D eigenvalue weighted by Crippen LogP contribution is 2.14. The molecule has 0 aromatic carbocycles. The molecule has 19 heavy (non-hydrogen) atoms. The van der Waals surface area contributed by atoms with E-state index in [-0.39, 0.29) is 24.7 Å². The summed E-state index contributed by atoms with van der Waals surface area (Å²) < 4.78 is 12.1. The van der Waals surface area contributed by atoms with Crippen LogP contribution in [0.4, 0.5) is 5.69 Å².